The fourth-order valence-electron chi connectivity index (χ4n) is 1.95. The molecule has 0 saturated heterocycles. The summed E-state index contributed by atoms with van der Waals surface area (Å²) in [5, 5.41) is 7.47. The molecule has 21 heavy (non-hydrogen) atoms. The molecule has 108 valence electrons. The zero-order chi connectivity index (χ0) is 14.7. The normalized spacial score (nSPS) is 10.7. The predicted octanol–water partition coefficient (Wildman–Crippen LogP) is 2.11. The van der Waals surface area contributed by atoms with Crippen molar-refractivity contribution in [1.29, 1.82) is 0 Å². The molecule has 3 rings (SSSR count). The van der Waals surface area contributed by atoms with Crippen molar-refractivity contribution in [3.63, 3.8) is 0 Å². The minimum absolute atomic E-state index is 0.526. The summed E-state index contributed by atoms with van der Waals surface area (Å²) in [5.41, 5.74) is 8.34. The largest absolute Gasteiger partial charge is 0.492 e. The summed E-state index contributed by atoms with van der Waals surface area (Å²) in [6.45, 7) is 3.18. The van der Waals surface area contributed by atoms with Gasteiger partial charge in [0, 0.05) is 11.9 Å². The van der Waals surface area contributed by atoms with Gasteiger partial charge in [0.1, 0.15) is 12.4 Å². The molecule has 0 aliphatic carbocycles. The van der Waals surface area contributed by atoms with Crippen LogP contribution in [0.25, 0.3) is 5.65 Å². The van der Waals surface area contributed by atoms with E-state index in [9.17, 15) is 0 Å². The third-order valence-electron chi connectivity index (χ3n) is 3.03. The van der Waals surface area contributed by atoms with Crippen LogP contribution in [0.5, 0.6) is 5.75 Å². The molecule has 1 aromatic carbocycles. The molecule has 0 unspecified atom stereocenters. The highest BCUT2D eigenvalue weighted by Gasteiger charge is 2.02. The van der Waals surface area contributed by atoms with Crippen molar-refractivity contribution < 1.29 is 4.74 Å². The number of pyridine rings is 1. The van der Waals surface area contributed by atoms with Gasteiger partial charge in [-0.15, -0.1) is 5.10 Å². The lowest BCUT2D eigenvalue weighted by Crippen LogP contribution is -2.12. The van der Waals surface area contributed by atoms with E-state index in [1.54, 1.807) is 4.52 Å². The topological polar surface area (TPSA) is 77.5 Å². The van der Waals surface area contributed by atoms with Gasteiger partial charge in [-0.3, -0.25) is 0 Å². The quantitative estimate of drug-likeness (QED) is 0.554. The first-order valence-corrected chi connectivity index (χ1v) is 6.76. The van der Waals surface area contributed by atoms with Crippen molar-refractivity contribution in [2.45, 2.75) is 6.92 Å². The molecule has 6 heteroatoms. The number of anilines is 2. The van der Waals surface area contributed by atoms with Crippen LogP contribution >= 0.6 is 0 Å². The van der Waals surface area contributed by atoms with Crippen LogP contribution in [0.1, 0.15) is 5.56 Å². The predicted molar refractivity (Wildman–Crippen MR) is 82.6 cm³/mol. The molecule has 0 saturated carbocycles. The second-order valence-electron chi connectivity index (χ2n) is 4.79. The molecule has 0 amide bonds. The van der Waals surface area contributed by atoms with Crippen molar-refractivity contribution in [1.82, 2.24) is 14.6 Å². The summed E-state index contributed by atoms with van der Waals surface area (Å²) in [4.78, 5) is 4.40. The first-order chi connectivity index (χ1) is 10.2. The van der Waals surface area contributed by atoms with Gasteiger partial charge in [-0.25, -0.2) is 4.52 Å². The number of aryl methyl sites for hydroxylation is 1. The van der Waals surface area contributed by atoms with Crippen LogP contribution in [0.2, 0.25) is 0 Å². The second kappa shape index (κ2) is 5.70. The van der Waals surface area contributed by atoms with Gasteiger partial charge in [-0.2, -0.15) is 4.98 Å². The average Bonchev–Trinajstić information content (AvgIpc) is 2.87. The van der Waals surface area contributed by atoms with Crippen LogP contribution < -0.4 is 15.8 Å². The Kier molecular flexibility index (Phi) is 3.59. The number of rotatable bonds is 5. The van der Waals surface area contributed by atoms with Gasteiger partial charge in [0.25, 0.3) is 0 Å². The fraction of sp³-hybridized carbons (Fsp3) is 0.200. The van der Waals surface area contributed by atoms with Crippen molar-refractivity contribution >= 4 is 17.3 Å². The number of hydrogen-bond donors (Lipinski definition) is 2. The molecule has 0 atom stereocenters. The Morgan fingerprint density at radius 2 is 2.05 bits per heavy atom. The number of aromatic nitrogens is 3. The number of nitrogens with two attached hydrogens (primary N) is 1. The van der Waals surface area contributed by atoms with Crippen molar-refractivity contribution in [3.8, 4) is 5.75 Å². The Labute approximate surface area is 122 Å². The number of nitrogens with zero attached hydrogens (tertiary/aromatic N) is 3. The molecule has 0 spiro atoms. The molecule has 0 fully saturated rings. The molecule has 2 aromatic heterocycles. The first kappa shape index (κ1) is 13.2. The highest BCUT2D eigenvalue weighted by Crippen LogP contribution is 2.13. The zero-order valence-electron chi connectivity index (χ0n) is 11.8. The maximum atomic E-state index is 5.62. The van der Waals surface area contributed by atoms with Crippen LogP contribution in [0.4, 0.5) is 11.6 Å². The van der Waals surface area contributed by atoms with Gasteiger partial charge in [0.05, 0.1) is 6.54 Å². The maximum Gasteiger partial charge on any atom is 0.243 e. The monoisotopic (exact) mass is 283 g/mol. The Balaban J connectivity index is 1.53. The molecule has 3 N–H and O–H groups in total. The summed E-state index contributed by atoms with van der Waals surface area (Å²) < 4.78 is 7.34. The van der Waals surface area contributed by atoms with E-state index < -0.39 is 0 Å². The average molecular weight is 283 g/mol. The van der Waals surface area contributed by atoms with E-state index in [1.807, 2.05) is 49.5 Å². The Morgan fingerprint density at radius 3 is 2.86 bits per heavy atom. The van der Waals surface area contributed by atoms with Gasteiger partial charge in [-0.1, -0.05) is 0 Å². The third-order valence-corrected chi connectivity index (χ3v) is 3.03. The van der Waals surface area contributed by atoms with Crippen LogP contribution in [-0.2, 0) is 0 Å². The van der Waals surface area contributed by atoms with E-state index in [0.717, 1.165) is 22.6 Å². The van der Waals surface area contributed by atoms with E-state index in [-0.39, 0.29) is 0 Å². The summed E-state index contributed by atoms with van der Waals surface area (Å²) in [6, 6.07) is 11.3. The lowest BCUT2D eigenvalue weighted by atomic mass is 10.3. The summed E-state index contributed by atoms with van der Waals surface area (Å²) in [7, 11) is 0. The smallest absolute Gasteiger partial charge is 0.243 e. The second-order valence-corrected chi connectivity index (χ2v) is 4.79. The molecular formula is C15H17N5O. The fourth-order valence-corrected chi connectivity index (χ4v) is 1.95. The highest BCUT2D eigenvalue weighted by molar-refractivity contribution is 5.45. The van der Waals surface area contributed by atoms with Crippen molar-refractivity contribution in [2.24, 2.45) is 0 Å². The van der Waals surface area contributed by atoms with Gasteiger partial charge >= 0.3 is 0 Å². The molecular weight excluding hydrogens is 266 g/mol. The summed E-state index contributed by atoms with van der Waals surface area (Å²) in [6.07, 6.45) is 1.90. The SMILES string of the molecule is Cc1ccn2nc(NCCOc3ccc(N)cc3)nc2c1. The van der Waals surface area contributed by atoms with E-state index in [1.165, 1.54) is 0 Å². The molecule has 0 aliphatic heterocycles. The lowest BCUT2D eigenvalue weighted by Gasteiger charge is -2.06. The number of ether oxygens (including phenoxy) is 1. The van der Waals surface area contributed by atoms with Crippen molar-refractivity contribution in [2.75, 3.05) is 24.2 Å². The first-order valence-electron chi connectivity index (χ1n) is 6.76. The van der Waals surface area contributed by atoms with Gasteiger partial charge < -0.3 is 15.8 Å². The third kappa shape index (κ3) is 3.22. The Morgan fingerprint density at radius 1 is 1.24 bits per heavy atom. The number of fused-ring (bicyclic) bond motifs is 1. The van der Waals surface area contributed by atoms with Crippen molar-refractivity contribution in [3.05, 3.63) is 48.2 Å². The number of hydrogen-bond acceptors (Lipinski definition) is 5. The molecule has 2 heterocycles. The summed E-state index contributed by atoms with van der Waals surface area (Å²) >= 11 is 0. The molecule has 3 aromatic rings. The summed E-state index contributed by atoms with van der Waals surface area (Å²) in [5.74, 6) is 1.39. The highest BCUT2D eigenvalue weighted by atomic mass is 16.5. The van der Waals surface area contributed by atoms with E-state index in [2.05, 4.69) is 15.4 Å². The van der Waals surface area contributed by atoms with Crippen LogP contribution in [0.3, 0.4) is 0 Å². The van der Waals surface area contributed by atoms with Gasteiger partial charge in [0.15, 0.2) is 5.65 Å². The minimum atomic E-state index is 0.526. The minimum Gasteiger partial charge on any atom is -0.492 e. The van der Waals surface area contributed by atoms with Crippen LogP contribution in [0, 0.1) is 6.92 Å². The molecule has 0 aliphatic rings. The van der Waals surface area contributed by atoms with E-state index >= 15 is 0 Å². The standard InChI is InChI=1S/C15H17N5O/c1-11-6-8-20-14(10-11)18-15(19-20)17-7-9-21-13-4-2-12(16)3-5-13/h2-6,8,10H,7,9,16H2,1H3,(H,17,19). The van der Waals surface area contributed by atoms with Crippen LogP contribution in [-0.4, -0.2) is 27.7 Å². The Hall–Kier alpha value is -2.76. The Bertz CT molecular complexity index is 735. The van der Waals surface area contributed by atoms with Gasteiger partial charge in [-0.05, 0) is 48.9 Å². The number of benzene rings is 1. The lowest BCUT2D eigenvalue weighted by molar-refractivity contribution is 0.332. The maximum absolute atomic E-state index is 5.62. The van der Waals surface area contributed by atoms with Gasteiger partial charge in [0.2, 0.25) is 5.95 Å². The number of nitrogen functional groups attached to an aromatic ring is 1. The van der Waals surface area contributed by atoms with E-state index in [0.29, 0.717) is 19.1 Å². The zero-order valence-corrected chi connectivity index (χ0v) is 11.8. The molecule has 0 bridgehead atoms. The van der Waals surface area contributed by atoms with E-state index in [4.69, 9.17) is 10.5 Å². The molecule has 0 radical (unpaired) electrons. The number of nitrogens with one attached hydrogen (secondary N) is 1. The van der Waals surface area contributed by atoms with Crippen LogP contribution in [0.15, 0.2) is 42.6 Å². The molecule has 6 nitrogen and oxygen atoms in total.